The van der Waals surface area contributed by atoms with Gasteiger partial charge < -0.3 is 4.74 Å². The van der Waals surface area contributed by atoms with Gasteiger partial charge in [-0.2, -0.15) is 0 Å². The number of halogens is 4. The van der Waals surface area contributed by atoms with E-state index >= 15 is 0 Å². The monoisotopic (exact) mass is 476 g/mol. The highest BCUT2D eigenvalue weighted by Crippen LogP contribution is 2.48. The van der Waals surface area contributed by atoms with Crippen LogP contribution < -0.4 is 4.74 Å². The fraction of sp³-hybridized carbons (Fsp3) is 0.536. The zero-order valence-corrected chi connectivity index (χ0v) is 19.6. The average molecular weight is 477 g/mol. The van der Waals surface area contributed by atoms with E-state index in [0.717, 1.165) is 37.2 Å². The van der Waals surface area contributed by atoms with Crippen molar-refractivity contribution in [1.29, 1.82) is 0 Å². The maximum atomic E-state index is 15.0. The van der Waals surface area contributed by atoms with Crippen molar-refractivity contribution in [3.63, 3.8) is 0 Å². The molecule has 0 N–H and O–H groups in total. The molecule has 2 aliphatic rings. The standard InChI is InChI=1S/C28H32F4O2/c1-2-3-4-5-17-6-7-19-13-20(9-8-18(19)12-17)23-11-10-21(14-24(23)29)28(33)34-22-15-25(30)27(32)26(31)16-22/h10-11,14-20H,2-9,12-13H2,1H3/t17-,18-,19+,20?/m0/s1. The molecule has 2 aromatic carbocycles. The number of unbranched alkanes of at least 4 members (excludes halogenated alkanes) is 2. The molecule has 6 heteroatoms. The second-order valence-corrected chi connectivity index (χ2v) is 10.0. The number of fused-ring (bicyclic) bond motifs is 1. The number of hydrogen-bond acceptors (Lipinski definition) is 2. The molecule has 2 aromatic rings. The number of esters is 1. The van der Waals surface area contributed by atoms with E-state index in [0.29, 0.717) is 23.6 Å². The summed E-state index contributed by atoms with van der Waals surface area (Å²) in [7, 11) is 0. The topological polar surface area (TPSA) is 26.3 Å². The van der Waals surface area contributed by atoms with Gasteiger partial charge in [-0.05, 0) is 73.5 Å². The molecule has 0 aliphatic heterocycles. The molecule has 2 fully saturated rings. The maximum Gasteiger partial charge on any atom is 0.343 e. The summed E-state index contributed by atoms with van der Waals surface area (Å²) in [6.07, 6.45) is 12.1. The van der Waals surface area contributed by atoms with Crippen LogP contribution in [0.1, 0.15) is 93.0 Å². The van der Waals surface area contributed by atoms with Gasteiger partial charge in [0.15, 0.2) is 17.5 Å². The molecule has 2 saturated carbocycles. The summed E-state index contributed by atoms with van der Waals surface area (Å²) < 4.78 is 59.7. The fourth-order valence-electron chi connectivity index (χ4n) is 5.96. The Balaban J connectivity index is 1.37. The molecule has 0 radical (unpaired) electrons. The lowest BCUT2D eigenvalue weighted by Gasteiger charge is -2.42. The molecule has 184 valence electrons. The summed E-state index contributed by atoms with van der Waals surface area (Å²) in [6.45, 7) is 2.24. The number of hydrogen-bond donors (Lipinski definition) is 0. The van der Waals surface area contributed by atoms with Gasteiger partial charge in [-0.3, -0.25) is 0 Å². The Morgan fingerprint density at radius 1 is 0.882 bits per heavy atom. The van der Waals surface area contributed by atoms with Crippen LogP contribution in [-0.4, -0.2) is 5.97 Å². The third kappa shape index (κ3) is 5.64. The van der Waals surface area contributed by atoms with Gasteiger partial charge in [0.1, 0.15) is 11.6 Å². The van der Waals surface area contributed by atoms with E-state index in [2.05, 4.69) is 6.92 Å². The van der Waals surface area contributed by atoms with Crippen molar-refractivity contribution in [1.82, 2.24) is 0 Å². The normalized spacial score (nSPS) is 24.5. The highest BCUT2D eigenvalue weighted by Gasteiger charge is 2.36. The van der Waals surface area contributed by atoms with Crippen molar-refractivity contribution in [3.8, 4) is 5.75 Å². The SMILES string of the molecule is CCCCC[C@H]1CC[C@@H]2CC(c3ccc(C(=O)Oc4cc(F)c(F)c(F)c4)cc3F)CC[C@H]2C1. The smallest absolute Gasteiger partial charge is 0.343 e. The molecule has 4 rings (SSSR count). The number of rotatable bonds is 7. The van der Waals surface area contributed by atoms with E-state index in [1.165, 1.54) is 51.0 Å². The van der Waals surface area contributed by atoms with E-state index < -0.39 is 35.0 Å². The maximum absolute atomic E-state index is 15.0. The van der Waals surface area contributed by atoms with Crippen LogP contribution >= 0.6 is 0 Å². The largest absolute Gasteiger partial charge is 0.423 e. The lowest BCUT2D eigenvalue weighted by atomic mass is 9.63. The Hall–Kier alpha value is -2.37. The summed E-state index contributed by atoms with van der Waals surface area (Å²) in [6, 6.07) is 5.38. The summed E-state index contributed by atoms with van der Waals surface area (Å²) in [4.78, 5) is 12.3. The van der Waals surface area contributed by atoms with E-state index in [1.807, 2.05) is 0 Å². The summed E-state index contributed by atoms with van der Waals surface area (Å²) in [5.41, 5.74) is 0.548. The Morgan fingerprint density at radius 2 is 1.59 bits per heavy atom. The zero-order valence-electron chi connectivity index (χ0n) is 19.6. The molecule has 0 spiro atoms. The van der Waals surface area contributed by atoms with Crippen molar-refractivity contribution >= 4 is 5.97 Å². The molecular formula is C28H32F4O2. The molecule has 0 amide bonds. The van der Waals surface area contributed by atoms with Crippen LogP contribution in [0.5, 0.6) is 5.75 Å². The Bertz CT molecular complexity index is 998. The molecule has 0 saturated heterocycles. The Morgan fingerprint density at radius 3 is 2.29 bits per heavy atom. The van der Waals surface area contributed by atoms with E-state index in [9.17, 15) is 22.4 Å². The first-order valence-electron chi connectivity index (χ1n) is 12.5. The van der Waals surface area contributed by atoms with Gasteiger partial charge in [-0.25, -0.2) is 22.4 Å². The van der Waals surface area contributed by atoms with Gasteiger partial charge >= 0.3 is 5.97 Å². The second-order valence-electron chi connectivity index (χ2n) is 10.0. The number of benzene rings is 2. The summed E-state index contributed by atoms with van der Waals surface area (Å²) in [5.74, 6) is -4.13. The predicted octanol–water partition coefficient (Wildman–Crippen LogP) is 8.34. The quantitative estimate of drug-likeness (QED) is 0.132. The Labute approximate surface area is 198 Å². The van der Waals surface area contributed by atoms with Crippen LogP contribution in [0, 0.1) is 41.0 Å². The molecule has 34 heavy (non-hydrogen) atoms. The van der Waals surface area contributed by atoms with Crippen molar-refractivity contribution < 1.29 is 27.1 Å². The minimum Gasteiger partial charge on any atom is -0.423 e. The van der Waals surface area contributed by atoms with Crippen molar-refractivity contribution in [2.24, 2.45) is 17.8 Å². The average Bonchev–Trinajstić information content (AvgIpc) is 2.82. The van der Waals surface area contributed by atoms with Gasteiger partial charge in [0.05, 0.1) is 5.56 Å². The van der Waals surface area contributed by atoms with Gasteiger partial charge in [-0.15, -0.1) is 0 Å². The molecule has 0 aromatic heterocycles. The van der Waals surface area contributed by atoms with Crippen molar-refractivity contribution in [2.75, 3.05) is 0 Å². The third-order valence-electron chi connectivity index (χ3n) is 7.78. The lowest BCUT2D eigenvalue weighted by Crippen LogP contribution is -2.30. The minimum absolute atomic E-state index is 0.0623. The highest BCUT2D eigenvalue weighted by atomic mass is 19.2. The highest BCUT2D eigenvalue weighted by molar-refractivity contribution is 5.91. The van der Waals surface area contributed by atoms with E-state index in [4.69, 9.17) is 4.74 Å². The van der Waals surface area contributed by atoms with Gasteiger partial charge in [0.2, 0.25) is 0 Å². The van der Waals surface area contributed by atoms with Gasteiger partial charge in [0, 0.05) is 12.1 Å². The van der Waals surface area contributed by atoms with E-state index in [1.54, 1.807) is 6.07 Å². The molecule has 0 heterocycles. The molecule has 4 atom stereocenters. The van der Waals surface area contributed by atoms with Gasteiger partial charge in [0.25, 0.3) is 0 Å². The van der Waals surface area contributed by atoms with E-state index in [-0.39, 0.29) is 11.5 Å². The number of carbonyl (C=O) groups is 1. The second kappa shape index (κ2) is 10.9. The molecule has 0 bridgehead atoms. The first kappa shape index (κ1) is 24.7. The van der Waals surface area contributed by atoms with Crippen LogP contribution in [0.25, 0.3) is 0 Å². The van der Waals surface area contributed by atoms with Crippen molar-refractivity contribution in [3.05, 3.63) is 64.7 Å². The van der Waals surface area contributed by atoms with Crippen LogP contribution in [0.3, 0.4) is 0 Å². The molecule has 1 unspecified atom stereocenters. The third-order valence-corrected chi connectivity index (χ3v) is 7.78. The fourth-order valence-corrected chi connectivity index (χ4v) is 5.96. The van der Waals surface area contributed by atoms with Crippen LogP contribution in [0.4, 0.5) is 17.6 Å². The molecular weight excluding hydrogens is 444 g/mol. The Kier molecular flexibility index (Phi) is 7.95. The minimum atomic E-state index is -1.64. The van der Waals surface area contributed by atoms with Crippen LogP contribution in [0.2, 0.25) is 0 Å². The zero-order chi connectivity index (χ0) is 24.2. The van der Waals surface area contributed by atoms with Crippen LogP contribution in [-0.2, 0) is 0 Å². The number of carbonyl (C=O) groups excluding carboxylic acids is 1. The van der Waals surface area contributed by atoms with Crippen LogP contribution in [0.15, 0.2) is 30.3 Å². The first-order valence-corrected chi connectivity index (χ1v) is 12.5. The number of ether oxygens (including phenoxy) is 1. The van der Waals surface area contributed by atoms with Gasteiger partial charge in [-0.1, -0.05) is 45.1 Å². The summed E-state index contributed by atoms with van der Waals surface area (Å²) in [5, 5.41) is 0. The molecule has 2 aliphatic carbocycles. The first-order chi connectivity index (χ1) is 16.4. The predicted molar refractivity (Wildman–Crippen MR) is 123 cm³/mol. The molecule has 2 nitrogen and oxygen atoms in total. The van der Waals surface area contributed by atoms with Crippen molar-refractivity contribution in [2.45, 2.75) is 77.0 Å². The lowest BCUT2D eigenvalue weighted by molar-refractivity contribution is 0.0733. The summed E-state index contributed by atoms with van der Waals surface area (Å²) >= 11 is 0.